The molecule has 4 heteroatoms. The monoisotopic (exact) mass is 278 g/mol. The number of benzene rings is 1. The minimum absolute atomic E-state index is 0.0143. The summed E-state index contributed by atoms with van der Waals surface area (Å²) in [7, 11) is 0. The summed E-state index contributed by atoms with van der Waals surface area (Å²) >= 11 is 1.68. The highest BCUT2D eigenvalue weighted by Gasteiger charge is 2.18. The molecule has 0 saturated heterocycles. The molecule has 19 heavy (non-hydrogen) atoms. The number of nitrogens with one attached hydrogen (secondary N) is 1. The van der Waals surface area contributed by atoms with Gasteiger partial charge >= 0.3 is 0 Å². The molecule has 2 aromatic rings. The van der Waals surface area contributed by atoms with Gasteiger partial charge in [0.05, 0.1) is 6.04 Å². The molecule has 1 heterocycles. The van der Waals surface area contributed by atoms with Crippen LogP contribution in [0.4, 0.5) is 4.39 Å². The van der Waals surface area contributed by atoms with E-state index in [0.29, 0.717) is 0 Å². The van der Waals surface area contributed by atoms with E-state index >= 15 is 0 Å². The van der Waals surface area contributed by atoms with Crippen molar-refractivity contribution in [2.45, 2.75) is 39.3 Å². The highest BCUT2D eigenvalue weighted by atomic mass is 32.1. The second-order valence-electron chi connectivity index (χ2n) is 4.68. The van der Waals surface area contributed by atoms with Crippen LogP contribution in [0.15, 0.2) is 30.5 Å². The molecule has 0 bridgehead atoms. The molecule has 0 fully saturated rings. The minimum atomic E-state index is -0.149. The molecular formula is C15H19FN2S. The van der Waals surface area contributed by atoms with E-state index in [1.165, 1.54) is 10.9 Å². The van der Waals surface area contributed by atoms with E-state index in [-0.39, 0.29) is 17.9 Å². The Morgan fingerprint density at radius 2 is 2.11 bits per heavy atom. The van der Waals surface area contributed by atoms with Crippen LogP contribution in [0.1, 0.15) is 47.8 Å². The molecule has 0 aliphatic carbocycles. The highest BCUT2D eigenvalue weighted by molar-refractivity contribution is 7.11. The highest BCUT2D eigenvalue weighted by Crippen LogP contribution is 2.25. The summed E-state index contributed by atoms with van der Waals surface area (Å²) in [5.41, 5.74) is 0.727. The van der Waals surface area contributed by atoms with Crippen molar-refractivity contribution in [2.24, 2.45) is 0 Å². The van der Waals surface area contributed by atoms with Gasteiger partial charge in [-0.05, 0) is 26.3 Å². The standard InChI is InChI=1S/C15H19FN2S/c1-4-14(12-7-5-6-8-13(12)16)18-11(3)15-17-9-10(2)19-15/h5-9,11,14,18H,4H2,1-3H3. The fourth-order valence-electron chi connectivity index (χ4n) is 2.13. The smallest absolute Gasteiger partial charge is 0.127 e. The number of aryl methyl sites for hydroxylation is 1. The SMILES string of the molecule is CCC(NC(C)c1ncc(C)s1)c1ccccc1F. The Bertz CT molecular complexity index is 538. The van der Waals surface area contributed by atoms with Crippen LogP contribution in [0, 0.1) is 12.7 Å². The zero-order valence-electron chi connectivity index (χ0n) is 11.5. The lowest BCUT2D eigenvalue weighted by Crippen LogP contribution is -2.24. The zero-order valence-corrected chi connectivity index (χ0v) is 12.3. The van der Waals surface area contributed by atoms with E-state index in [2.05, 4.69) is 24.1 Å². The number of nitrogens with zero attached hydrogens (tertiary/aromatic N) is 1. The maximum atomic E-state index is 13.8. The van der Waals surface area contributed by atoms with Crippen molar-refractivity contribution < 1.29 is 4.39 Å². The summed E-state index contributed by atoms with van der Waals surface area (Å²) in [6.45, 7) is 6.17. The first-order valence-corrected chi connectivity index (χ1v) is 7.36. The normalized spacial score (nSPS) is 14.3. The third kappa shape index (κ3) is 3.39. The fraction of sp³-hybridized carbons (Fsp3) is 0.400. The van der Waals surface area contributed by atoms with E-state index in [4.69, 9.17) is 0 Å². The number of hydrogen-bond donors (Lipinski definition) is 1. The van der Waals surface area contributed by atoms with E-state index in [0.717, 1.165) is 17.0 Å². The molecular weight excluding hydrogens is 259 g/mol. The first-order valence-electron chi connectivity index (χ1n) is 6.54. The lowest BCUT2D eigenvalue weighted by atomic mass is 10.0. The van der Waals surface area contributed by atoms with Gasteiger partial charge < -0.3 is 5.32 Å². The van der Waals surface area contributed by atoms with Crippen LogP contribution in [-0.2, 0) is 0 Å². The van der Waals surface area contributed by atoms with Crippen molar-refractivity contribution >= 4 is 11.3 Å². The molecule has 2 unspecified atom stereocenters. The quantitative estimate of drug-likeness (QED) is 0.877. The van der Waals surface area contributed by atoms with Gasteiger partial charge in [0, 0.05) is 22.7 Å². The second-order valence-corrected chi connectivity index (χ2v) is 5.95. The van der Waals surface area contributed by atoms with Gasteiger partial charge in [-0.1, -0.05) is 25.1 Å². The van der Waals surface area contributed by atoms with Crippen LogP contribution in [0.5, 0.6) is 0 Å². The van der Waals surface area contributed by atoms with Crippen LogP contribution in [0.3, 0.4) is 0 Å². The third-order valence-corrected chi connectivity index (χ3v) is 4.25. The van der Waals surface area contributed by atoms with Crippen LogP contribution >= 0.6 is 11.3 Å². The van der Waals surface area contributed by atoms with Crippen LogP contribution in [0.25, 0.3) is 0 Å². The number of hydrogen-bond acceptors (Lipinski definition) is 3. The Morgan fingerprint density at radius 3 is 2.68 bits per heavy atom. The first-order chi connectivity index (χ1) is 9.11. The lowest BCUT2D eigenvalue weighted by Gasteiger charge is -2.21. The Labute approximate surface area is 117 Å². The summed E-state index contributed by atoms with van der Waals surface area (Å²) < 4.78 is 13.8. The van der Waals surface area contributed by atoms with Gasteiger partial charge in [0.1, 0.15) is 10.8 Å². The molecule has 0 amide bonds. The van der Waals surface area contributed by atoms with Gasteiger partial charge in [-0.15, -0.1) is 11.3 Å². The molecule has 1 N–H and O–H groups in total. The summed E-state index contributed by atoms with van der Waals surface area (Å²) in [6.07, 6.45) is 2.72. The summed E-state index contributed by atoms with van der Waals surface area (Å²) in [5, 5.41) is 4.51. The molecule has 0 spiro atoms. The Hall–Kier alpha value is -1.26. The van der Waals surface area contributed by atoms with Crippen LogP contribution in [-0.4, -0.2) is 4.98 Å². The average Bonchev–Trinajstić information content (AvgIpc) is 2.83. The number of aromatic nitrogens is 1. The summed E-state index contributed by atoms with van der Waals surface area (Å²) in [4.78, 5) is 5.58. The average molecular weight is 278 g/mol. The molecule has 1 aromatic carbocycles. The van der Waals surface area contributed by atoms with Gasteiger partial charge in [0.2, 0.25) is 0 Å². The maximum Gasteiger partial charge on any atom is 0.127 e. The zero-order chi connectivity index (χ0) is 13.8. The van der Waals surface area contributed by atoms with Crippen molar-refractivity contribution in [2.75, 3.05) is 0 Å². The van der Waals surface area contributed by atoms with Crippen LogP contribution < -0.4 is 5.32 Å². The van der Waals surface area contributed by atoms with Crippen molar-refractivity contribution in [3.05, 3.63) is 51.7 Å². The Kier molecular flexibility index (Phi) is 4.66. The molecule has 2 nitrogen and oxygen atoms in total. The molecule has 0 aliphatic rings. The minimum Gasteiger partial charge on any atom is -0.301 e. The van der Waals surface area contributed by atoms with E-state index in [1.54, 1.807) is 17.4 Å². The van der Waals surface area contributed by atoms with Gasteiger partial charge in [-0.2, -0.15) is 0 Å². The molecule has 0 aliphatic heterocycles. The van der Waals surface area contributed by atoms with Crippen LogP contribution in [0.2, 0.25) is 0 Å². The number of thiazole rings is 1. The van der Waals surface area contributed by atoms with Crippen molar-refractivity contribution in [3.63, 3.8) is 0 Å². The lowest BCUT2D eigenvalue weighted by molar-refractivity contribution is 0.438. The van der Waals surface area contributed by atoms with Crippen molar-refractivity contribution in [3.8, 4) is 0 Å². The van der Waals surface area contributed by atoms with Gasteiger partial charge in [-0.3, -0.25) is 0 Å². The van der Waals surface area contributed by atoms with E-state index < -0.39 is 0 Å². The number of halogens is 1. The largest absolute Gasteiger partial charge is 0.301 e. The predicted molar refractivity (Wildman–Crippen MR) is 77.8 cm³/mol. The van der Waals surface area contributed by atoms with E-state index in [9.17, 15) is 4.39 Å². The molecule has 0 radical (unpaired) electrons. The predicted octanol–water partition coefficient (Wildman–Crippen LogP) is 4.39. The summed E-state index contributed by atoms with van der Waals surface area (Å²) in [6, 6.07) is 7.09. The first kappa shape index (κ1) is 14.2. The molecule has 2 atom stereocenters. The number of rotatable bonds is 5. The second kappa shape index (κ2) is 6.26. The maximum absolute atomic E-state index is 13.8. The Morgan fingerprint density at radius 1 is 1.37 bits per heavy atom. The van der Waals surface area contributed by atoms with Gasteiger partial charge in [0.25, 0.3) is 0 Å². The Balaban J connectivity index is 2.13. The molecule has 0 saturated carbocycles. The molecule has 2 rings (SSSR count). The van der Waals surface area contributed by atoms with E-state index in [1.807, 2.05) is 25.3 Å². The van der Waals surface area contributed by atoms with Gasteiger partial charge in [0.15, 0.2) is 0 Å². The van der Waals surface area contributed by atoms with Gasteiger partial charge in [-0.25, -0.2) is 9.37 Å². The van der Waals surface area contributed by atoms with Crippen molar-refractivity contribution in [1.29, 1.82) is 0 Å². The summed E-state index contributed by atoms with van der Waals surface area (Å²) in [5.74, 6) is -0.149. The van der Waals surface area contributed by atoms with Crippen molar-refractivity contribution in [1.82, 2.24) is 10.3 Å². The third-order valence-electron chi connectivity index (χ3n) is 3.15. The molecule has 102 valence electrons. The fourth-order valence-corrected chi connectivity index (χ4v) is 2.92. The topological polar surface area (TPSA) is 24.9 Å². The molecule has 1 aromatic heterocycles.